The van der Waals surface area contributed by atoms with Gasteiger partial charge in [-0.1, -0.05) is 11.6 Å². The van der Waals surface area contributed by atoms with Crippen molar-refractivity contribution in [3.05, 3.63) is 28.8 Å². The second-order valence-electron chi connectivity index (χ2n) is 2.75. The Kier molecular flexibility index (Phi) is 4.10. The normalized spacial score (nSPS) is 9.44. The van der Waals surface area contributed by atoms with Crippen molar-refractivity contribution in [1.82, 2.24) is 5.48 Å². The topological polar surface area (TPSA) is 87.7 Å². The maximum absolute atomic E-state index is 11.3. The summed E-state index contributed by atoms with van der Waals surface area (Å²) in [6.07, 6.45) is 0. The fraction of sp³-hybridized carbons (Fsp3) is 0.111. The van der Waals surface area contributed by atoms with Crippen LogP contribution in [0.1, 0.15) is 10.4 Å². The predicted octanol–water partition coefficient (Wildman–Crippen LogP) is 1.64. The number of halogens is 1. The van der Waals surface area contributed by atoms with Crippen molar-refractivity contribution in [2.75, 3.05) is 12.4 Å². The molecule has 7 heteroatoms. The average Bonchev–Trinajstić information content (AvgIpc) is 2.30. The molecule has 0 spiro atoms. The SMILES string of the molecule is COC(=O)c1cc(NC(=O)NO)ccc1Cl. The Labute approximate surface area is 96.1 Å². The van der Waals surface area contributed by atoms with Crippen LogP contribution < -0.4 is 10.8 Å². The third-order valence-electron chi connectivity index (χ3n) is 1.73. The molecule has 0 unspecified atom stereocenters. The summed E-state index contributed by atoms with van der Waals surface area (Å²) in [6.45, 7) is 0. The number of nitrogens with one attached hydrogen (secondary N) is 2. The summed E-state index contributed by atoms with van der Waals surface area (Å²) < 4.78 is 4.50. The van der Waals surface area contributed by atoms with E-state index in [1.165, 1.54) is 30.8 Å². The van der Waals surface area contributed by atoms with E-state index in [4.69, 9.17) is 16.8 Å². The van der Waals surface area contributed by atoms with Gasteiger partial charge < -0.3 is 10.1 Å². The first-order chi connectivity index (χ1) is 7.58. The first-order valence-corrected chi connectivity index (χ1v) is 4.55. The van der Waals surface area contributed by atoms with Gasteiger partial charge in [-0.15, -0.1) is 0 Å². The number of esters is 1. The van der Waals surface area contributed by atoms with Crippen molar-refractivity contribution in [2.24, 2.45) is 0 Å². The molecule has 0 fully saturated rings. The Morgan fingerprint density at radius 3 is 2.69 bits per heavy atom. The number of hydrogen-bond acceptors (Lipinski definition) is 4. The molecule has 0 saturated heterocycles. The first-order valence-electron chi connectivity index (χ1n) is 4.17. The van der Waals surface area contributed by atoms with Crippen molar-refractivity contribution in [3.63, 3.8) is 0 Å². The number of methoxy groups -OCH3 is 1. The molecule has 6 nitrogen and oxygen atoms in total. The minimum absolute atomic E-state index is 0.125. The van der Waals surface area contributed by atoms with Gasteiger partial charge in [-0.25, -0.2) is 15.1 Å². The Morgan fingerprint density at radius 2 is 2.12 bits per heavy atom. The van der Waals surface area contributed by atoms with Crippen molar-refractivity contribution in [1.29, 1.82) is 0 Å². The van der Waals surface area contributed by atoms with Crippen LogP contribution in [-0.2, 0) is 4.74 Å². The summed E-state index contributed by atoms with van der Waals surface area (Å²) >= 11 is 5.76. The number of hydrogen-bond donors (Lipinski definition) is 3. The zero-order chi connectivity index (χ0) is 12.1. The molecule has 1 aromatic rings. The molecule has 0 atom stereocenters. The Balaban J connectivity index is 2.98. The summed E-state index contributed by atoms with van der Waals surface area (Å²) in [7, 11) is 1.22. The number of benzene rings is 1. The highest BCUT2D eigenvalue weighted by Crippen LogP contribution is 2.21. The van der Waals surface area contributed by atoms with Crippen LogP contribution in [-0.4, -0.2) is 24.3 Å². The van der Waals surface area contributed by atoms with Crippen LogP contribution in [0.15, 0.2) is 18.2 Å². The number of carbonyl (C=O) groups is 2. The van der Waals surface area contributed by atoms with Crippen molar-refractivity contribution in [2.45, 2.75) is 0 Å². The number of anilines is 1. The monoisotopic (exact) mass is 244 g/mol. The van der Waals surface area contributed by atoms with E-state index in [1.54, 1.807) is 0 Å². The van der Waals surface area contributed by atoms with Gasteiger partial charge in [-0.05, 0) is 18.2 Å². The quantitative estimate of drug-likeness (QED) is 0.419. The fourth-order valence-electron chi connectivity index (χ4n) is 1.03. The van der Waals surface area contributed by atoms with E-state index in [2.05, 4.69) is 10.1 Å². The maximum Gasteiger partial charge on any atom is 0.342 e. The van der Waals surface area contributed by atoms with Gasteiger partial charge in [0.15, 0.2) is 0 Å². The van der Waals surface area contributed by atoms with Crippen LogP contribution in [0.25, 0.3) is 0 Å². The lowest BCUT2D eigenvalue weighted by Crippen LogP contribution is -2.25. The molecule has 0 bridgehead atoms. The molecule has 16 heavy (non-hydrogen) atoms. The lowest BCUT2D eigenvalue weighted by molar-refractivity contribution is 0.0601. The van der Waals surface area contributed by atoms with Crippen molar-refractivity contribution in [3.8, 4) is 0 Å². The van der Waals surface area contributed by atoms with E-state index in [-0.39, 0.29) is 10.6 Å². The van der Waals surface area contributed by atoms with E-state index in [1.807, 2.05) is 0 Å². The molecule has 0 aliphatic carbocycles. The highest BCUT2D eigenvalue weighted by Gasteiger charge is 2.12. The third-order valence-corrected chi connectivity index (χ3v) is 2.06. The standard InChI is InChI=1S/C9H9ClN2O4/c1-16-8(13)6-4-5(2-3-7(6)10)11-9(14)12-15/h2-4,15H,1H3,(H2,11,12,14). The van der Waals surface area contributed by atoms with Gasteiger partial charge in [0, 0.05) is 5.69 Å². The van der Waals surface area contributed by atoms with Gasteiger partial charge in [0.25, 0.3) is 0 Å². The molecule has 0 aliphatic heterocycles. The fourth-order valence-corrected chi connectivity index (χ4v) is 1.22. The number of hydroxylamine groups is 1. The molecule has 1 aromatic carbocycles. The van der Waals surface area contributed by atoms with E-state index in [9.17, 15) is 9.59 Å². The molecule has 1 rings (SSSR count). The second kappa shape index (κ2) is 5.34. The second-order valence-corrected chi connectivity index (χ2v) is 3.16. The molecule has 0 saturated carbocycles. The smallest absolute Gasteiger partial charge is 0.342 e. The molecule has 86 valence electrons. The zero-order valence-corrected chi connectivity index (χ0v) is 9.04. The van der Waals surface area contributed by atoms with E-state index in [0.29, 0.717) is 5.69 Å². The molecule has 0 aromatic heterocycles. The van der Waals surface area contributed by atoms with Gasteiger partial charge in [0.2, 0.25) is 0 Å². The van der Waals surface area contributed by atoms with Gasteiger partial charge >= 0.3 is 12.0 Å². The van der Waals surface area contributed by atoms with Gasteiger partial charge in [-0.3, -0.25) is 5.21 Å². The number of rotatable bonds is 2. The average molecular weight is 245 g/mol. The van der Waals surface area contributed by atoms with Crippen LogP contribution in [0.3, 0.4) is 0 Å². The summed E-state index contributed by atoms with van der Waals surface area (Å²) in [6, 6.07) is 3.42. The van der Waals surface area contributed by atoms with Crippen molar-refractivity contribution < 1.29 is 19.5 Å². The van der Waals surface area contributed by atoms with Crippen LogP contribution in [0, 0.1) is 0 Å². The highest BCUT2D eigenvalue weighted by atomic mass is 35.5. The van der Waals surface area contributed by atoms with E-state index < -0.39 is 12.0 Å². The lowest BCUT2D eigenvalue weighted by Gasteiger charge is -2.06. The largest absolute Gasteiger partial charge is 0.465 e. The lowest BCUT2D eigenvalue weighted by atomic mass is 10.2. The number of carbonyl (C=O) groups excluding carboxylic acids is 2. The minimum atomic E-state index is -0.821. The summed E-state index contributed by atoms with van der Waals surface area (Å²) in [4.78, 5) is 22.1. The minimum Gasteiger partial charge on any atom is -0.465 e. The van der Waals surface area contributed by atoms with E-state index >= 15 is 0 Å². The Bertz CT molecular complexity index is 422. The molecular formula is C9H9ClN2O4. The van der Waals surface area contributed by atoms with E-state index in [0.717, 1.165) is 0 Å². The molecule has 2 amide bonds. The number of ether oxygens (including phenoxy) is 1. The Hall–Kier alpha value is -1.79. The van der Waals surface area contributed by atoms with Crippen molar-refractivity contribution >= 4 is 29.3 Å². The van der Waals surface area contributed by atoms with Gasteiger partial charge in [0.05, 0.1) is 17.7 Å². The van der Waals surface area contributed by atoms with Crippen LogP contribution >= 0.6 is 11.6 Å². The molecule has 0 aliphatic rings. The summed E-state index contributed by atoms with van der Waals surface area (Å²) in [5.41, 5.74) is 1.82. The highest BCUT2D eigenvalue weighted by molar-refractivity contribution is 6.33. The van der Waals surface area contributed by atoms with Crippen LogP contribution in [0.4, 0.5) is 10.5 Å². The zero-order valence-electron chi connectivity index (χ0n) is 8.28. The first kappa shape index (κ1) is 12.3. The Morgan fingerprint density at radius 1 is 1.44 bits per heavy atom. The molecule has 0 heterocycles. The summed E-state index contributed by atoms with van der Waals surface area (Å²) in [5.74, 6) is -0.613. The number of amides is 2. The van der Waals surface area contributed by atoms with Crippen LogP contribution in [0.5, 0.6) is 0 Å². The predicted molar refractivity (Wildman–Crippen MR) is 56.7 cm³/mol. The van der Waals surface area contributed by atoms with Gasteiger partial charge in [0.1, 0.15) is 0 Å². The molecule has 0 radical (unpaired) electrons. The molecule has 3 N–H and O–H groups in total. The third kappa shape index (κ3) is 2.85. The van der Waals surface area contributed by atoms with Gasteiger partial charge in [-0.2, -0.15) is 0 Å². The number of urea groups is 1. The van der Waals surface area contributed by atoms with Crippen LogP contribution in [0.2, 0.25) is 5.02 Å². The molecular weight excluding hydrogens is 236 g/mol. The summed E-state index contributed by atoms with van der Waals surface area (Å²) in [5, 5.41) is 10.8. The maximum atomic E-state index is 11.3.